The van der Waals surface area contributed by atoms with E-state index in [9.17, 15) is 19.2 Å². The number of nitrogens with two attached hydrogens (primary N) is 3. The van der Waals surface area contributed by atoms with Crippen LogP contribution in [0, 0.1) is 5.92 Å². The monoisotopic (exact) mass is 552 g/mol. The molecule has 40 heavy (non-hydrogen) atoms. The molecule has 0 fully saturated rings. The minimum absolute atomic E-state index is 0.0617. The molecule has 0 aliphatic carbocycles. The van der Waals surface area contributed by atoms with Crippen molar-refractivity contribution >= 4 is 24.0 Å². The molecule has 218 valence electrons. The first-order valence-corrected chi connectivity index (χ1v) is 13.8. The highest BCUT2D eigenvalue weighted by Crippen LogP contribution is 2.10. The molecule has 0 aliphatic rings. The first-order chi connectivity index (χ1) is 19.1. The molecular formula is C30H44N6O4. The van der Waals surface area contributed by atoms with E-state index in [1.54, 1.807) is 0 Å². The summed E-state index contributed by atoms with van der Waals surface area (Å²) in [6, 6.07) is 14.7. The summed E-state index contributed by atoms with van der Waals surface area (Å²) < 4.78 is 0. The van der Waals surface area contributed by atoms with Gasteiger partial charge in [-0.15, -0.1) is 0 Å². The van der Waals surface area contributed by atoms with Crippen molar-refractivity contribution in [1.82, 2.24) is 16.0 Å². The summed E-state index contributed by atoms with van der Waals surface area (Å²) in [6.07, 6.45) is 2.23. The van der Waals surface area contributed by atoms with Gasteiger partial charge >= 0.3 is 0 Å². The van der Waals surface area contributed by atoms with Gasteiger partial charge < -0.3 is 37.9 Å². The van der Waals surface area contributed by atoms with Crippen LogP contribution in [0.15, 0.2) is 60.7 Å². The van der Waals surface area contributed by atoms with Crippen LogP contribution in [-0.4, -0.2) is 60.8 Å². The lowest BCUT2D eigenvalue weighted by molar-refractivity contribution is -0.133. The summed E-state index contributed by atoms with van der Waals surface area (Å²) >= 11 is 0. The van der Waals surface area contributed by atoms with Crippen molar-refractivity contribution in [2.45, 2.75) is 76.2 Å². The third-order valence-corrected chi connectivity index (χ3v) is 6.48. The van der Waals surface area contributed by atoms with Crippen LogP contribution in [0.1, 0.15) is 44.2 Å². The number of hydrogen-bond acceptors (Lipinski definition) is 7. The Labute approximate surface area is 236 Å². The van der Waals surface area contributed by atoms with Crippen LogP contribution in [0.25, 0.3) is 0 Å². The van der Waals surface area contributed by atoms with E-state index in [1.165, 1.54) is 0 Å². The molecule has 0 saturated carbocycles. The second-order valence-corrected chi connectivity index (χ2v) is 10.6. The minimum atomic E-state index is -0.973. The molecule has 0 heterocycles. The van der Waals surface area contributed by atoms with Crippen LogP contribution in [-0.2, 0) is 32.0 Å². The van der Waals surface area contributed by atoms with Crippen LogP contribution in [0.5, 0.6) is 0 Å². The molecule has 10 nitrogen and oxygen atoms in total. The molecule has 0 aromatic heterocycles. The Balaban J connectivity index is 2.17. The van der Waals surface area contributed by atoms with E-state index in [0.717, 1.165) is 11.1 Å². The van der Waals surface area contributed by atoms with Crippen LogP contribution in [0.4, 0.5) is 0 Å². The fourth-order valence-electron chi connectivity index (χ4n) is 4.36. The number of nitrogens with one attached hydrogen (secondary N) is 3. The molecule has 3 amide bonds. The summed E-state index contributed by atoms with van der Waals surface area (Å²) in [5, 5.41) is 8.27. The van der Waals surface area contributed by atoms with Crippen molar-refractivity contribution in [3.05, 3.63) is 71.8 Å². The zero-order valence-electron chi connectivity index (χ0n) is 23.4. The lowest BCUT2D eigenvalue weighted by Crippen LogP contribution is -2.57. The van der Waals surface area contributed by atoms with E-state index in [-0.39, 0.29) is 24.8 Å². The molecule has 9 N–H and O–H groups in total. The molecule has 2 rings (SSSR count). The number of carbonyl (C=O) groups excluding carboxylic acids is 4. The Hall–Kier alpha value is -3.60. The minimum Gasteiger partial charge on any atom is -0.345 e. The van der Waals surface area contributed by atoms with E-state index < -0.39 is 41.9 Å². The van der Waals surface area contributed by atoms with E-state index in [1.807, 2.05) is 74.5 Å². The number of rotatable bonds is 17. The zero-order chi connectivity index (χ0) is 29.5. The first-order valence-electron chi connectivity index (χ1n) is 13.8. The van der Waals surface area contributed by atoms with Gasteiger partial charge in [0, 0.05) is 12.5 Å². The number of benzene rings is 2. The van der Waals surface area contributed by atoms with E-state index in [2.05, 4.69) is 16.0 Å². The largest absolute Gasteiger partial charge is 0.345 e. The van der Waals surface area contributed by atoms with Gasteiger partial charge in [0.1, 0.15) is 18.4 Å². The Kier molecular flexibility index (Phi) is 14.0. The number of hydrogen-bond donors (Lipinski definition) is 6. The Morgan fingerprint density at radius 3 is 1.80 bits per heavy atom. The normalized spacial score (nSPS) is 14.8. The summed E-state index contributed by atoms with van der Waals surface area (Å²) in [4.78, 5) is 51.4. The maximum atomic E-state index is 13.5. The second-order valence-electron chi connectivity index (χ2n) is 10.6. The van der Waals surface area contributed by atoms with Crippen molar-refractivity contribution in [2.24, 2.45) is 23.1 Å². The van der Waals surface area contributed by atoms with Gasteiger partial charge in [0.05, 0.1) is 12.1 Å². The van der Waals surface area contributed by atoms with Crippen molar-refractivity contribution < 1.29 is 19.2 Å². The summed E-state index contributed by atoms with van der Waals surface area (Å²) in [5.41, 5.74) is 19.4. The summed E-state index contributed by atoms with van der Waals surface area (Å²) in [6.45, 7) is 4.22. The Morgan fingerprint density at radius 2 is 1.27 bits per heavy atom. The van der Waals surface area contributed by atoms with Gasteiger partial charge in [0.2, 0.25) is 17.7 Å². The molecule has 2 aromatic rings. The number of aldehydes is 1. The molecule has 10 heteroatoms. The number of amides is 3. The fraction of sp³-hybridized carbons (Fsp3) is 0.467. The van der Waals surface area contributed by atoms with Crippen LogP contribution in [0.2, 0.25) is 0 Å². The van der Waals surface area contributed by atoms with Crippen molar-refractivity contribution in [1.29, 1.82) is 0 Å². The third-order valence-electron chi connectivity index (χ3n) is 6.48. The molecule has 1 unspecified atom stereocenters. The predicted molar refractivity (Wildman–Crippen MR) is 156 cm³/mol. The summed E-state index contributed by atoms with van der Waals surface area (Å²) in [5.74, 6) is -1.43. The maximum Gasteiger partial charge on any atom is 0.243 e. The molecule has 0 radical (unpaired) electrons. The second kappa shape index (κ2) is 17.2. The van der Waals surface area contributed by atoms with Gasteiger partial charge in [-0.25, -0.2) is 0 Å². The van der Waals surface area contributed by atoms with E-state index in [0.29, 0.717) is 32.1 Å². The van der Waals surface area contributed by atoms with Gasteiger partial charge in [0.15, 0.2) is 0 Å². The van der Waals surface area contributed by atoms with Crippen molar-refractivity contribution in [3.8, 4) is 0 Å². The van der Waals surface area contributed by atoms with Gasteiger partial charge in [-0.05, 0) is 49.3 Å². The number of carbonyl (C=O) groups is 4. The quantitative estimate of drug-likeness (QED) is 0.155. The SMILES string of the molecule is CC(C)C[C@@H](NC(=O)[C@@H](Cc1ccccc1)NC(=O)[C@H](N)Cc1ccccc1)C(=O)N[C@@H](C=O)CC(N)CCN. The topological polar surface area (TPSA) is 182 Å². The molecule has 0 saturated heterocycles. The Bertz CT molecular complexity index is 1070. The van der Waals surface area contributed by atoms with Gasteiger partial charge in [-0.3, -0.25) is 14.4 Å². The standard InChI is InChI=1S/C30H44N6O4/c1-20(2)15-26(29(39)34-24(19-37)18-23(32)13-14-31)36-30(40)27(17-22-11-7-4-8-12-22)35-28(38)25(33)16-21-9-5-3-6-10-21/h3-12,19-20,23-27H,13-18,31-33H2,1-2H3,(H,34,39)(H,35,38)(H,36,40)/t23?,24-,25-,26-,27-/m1/s1. The highest BCUT2D eigenvalue weighted by molar-refractivity contribution is 5.93. The molecule has 5 atom stereocenters. The molecular weight excluding hydrogens is 508 g/mol. The van der Waals surface area contributed by atoms with Crippen LogP contribution >= 0.6 is 0 Å². The lowest BCUT2D eigenvalue weighted by atomic mass is 9.99. The zero-order valence-corrected chi connectivity index (χ0v) is 23.4. The predicted octanol–water partition coefficient (Wildman–Crippen LogP) is 0.565. The van der Waals surface area contributed by atoms with Gasteiger partial charge in [-0.1, -0.05) is 74.5 Å². The Morgan fingerprint density at radius 1 is 0.750 bits per heavy atom. The van der Waals surface area contributed by atoms with Gasteiger partial charge in [-0.2, -0.15) is 0 Å². The molecule has 0 aliphatic heterocycles. The third kappa shape index (κ3) is 11.6. The molecule has 2 aromatic carbocycles. The first kappa shape index (κ1) is 32.6. The fourth-order valence-corrected chi connectivity index (χ4v) is 4.36. The van der Waals surface area contributed by atoms with Crippen molar-refractivity contribution in [2.75, 3.05) is 6.54 Å². The van der Waals surface area contributed by atoms with E-state index >= 15 is 0 Å². The highest BCUT2D eigenvalue weighted by atomic mass is 16.2. The van der Waals surface area contributed by atoms with Crippen molar-refractivity contribution in [3.63, 3.8) is 0 Å². The smallest absolute Gasteiger partial charge is 0.243 e. The average Bonchev–Trinajstić information content (AvgIpc) is 2.92. The van der Waals surface area contributed by atoms with Gasteiger partial charge in [0.25, 0.3) is 0 Å². The summed E-state index contributed by atoms with van der Waals surface area (Å²) in [7, 11) is 0. The molecule has 0 spiro atoms. The van der Waals surface area contributed by atoms with E-state index in [4.69, 9.17) is 17.2 Å². The van der Waals surface area contributed by atoms with Crippen LogP contribution < -0.4 is 33.2 Å². The molecule has 0 bridgehead atoms. The highest BCUT2D eigenvalue weighted by Gasteiger charge is 2.30. The van der Waals surface area contributed by atoms with Crippen LogP contribution in [0.3, 0.4) is 0 Å². The maximum absolute atomic E-state index is 13.5. The average molecular weight is 553 g/mol. The lowest BCUT2D eigenvalue weighted by Gasteiger charge is -2.26.